The topological polar surface area (TPSA) is 17.1 Å². The molecule has 0 saturated heterocycles. The first-order valence-corrected chi connectivity index (χ1v) is 4.51. The molecule has 0 N–H and O–H groups in total. The van der Waals surface area contributed by atoms with Gasteiger partial charge in [-0.05, 0) is 25.5 Å². The van der Waals surface area contributed by atoms with Crippen LogP contribution >= 0.6 is 0 Å². The molecule has 0 atom stereocenters. The predicted octanol–water partition coefficient (Wildman–Crippen LogP) is 3.04. The first-order chi connectivity index (χ1) is 5.98. The summed E-state index contributed by atoms with van der Waals surface area (Å²) in [7, 11) is 0. The molecule has 0 amide bonds. The van der Waals surface area contributed by atoms with E-state index < -0.39 is 0 Å². The zero-order valence-electron chi connectivity index (χ0n) is 8.72. The van der Waals surface area contributed by atoms with Crippen LogP contribution in [0.2, 0.25) is 0 Å². The normalized spacial score (nSPS) is 20.5. The Morgan fingerprint density at radius 3 is 2.00 bits per heavy atom. The van der Waals surface area contributed by atoms with Gasteiger partial charge in [0.1, 0.15) is 6.29 Å². The number of carbonyl (C=O) groups excluding carboxylic acids is 1. The summed E-state index contributed by atoms with van der Waals surface area (Å²) in [6.45, 7) is 8.61. The maximum absolute atomic E-state index is 10.3. The Hall–Kier alpha value is -1.11. The number of rotatable bonds is 1. The molecule has 0 radical (unpaired) electrons. The Morgan fingerprint density at radius 2 is 1.62 bits per heavy atom. The van der Waals surface area contributed by atoms with Gasteiger partial charge in [-0.2, -0.15) is 0 Å². The van der Waals surface area contributed by atoms with Crippen LogP contribution in [0.4, 0.5) is 0 Å². The van der Waals surface area contributed by atoms with Crippen molar-refractivity contribution in [3.8, 4) is 0 Å². The van der Waals surface area contributed by atoms with Gasteiger partial charge < -0.3 is 0 Å². The van der Waals surface area contributed by atoms with Gasteiger partial charge in [-0.15, -0.1) is 0 Å². The van der Waals surface area contributed by atoms with E-state index in [2.05, 4.69) is 39.8 Å². The van der Waals surface area contributed by atoms with Crippen molar-refractivity contribution in [2.75, 3.05) is 0 Å². The largest absolute Gasteiger partial charge is 0.299 e. The average Bonchev–Trinajstić information content (AvgIpc) is 2.02. The number of hydrogen-bond acceptors (Lipinski definition) is 1. The first-order valence-electron chi connectivity index (χ1n) is 4.51. The molecule has 0 aliphatic heterocycles. The van der Waals surface area contributed by atoms with Crippen LogP contribution in [0, 0.1) is 5.41 Å². The fraction of sp³-hybridized carbons (Fsp3) is 0.417. The number of allylic oxidation sites excluding steroid dienone is 6. The molecular weight excluding hydrogens is 160 g/mol. The number of hydrogen-bond donors (Lipinski definition) is 0. The average molecular weight is 176 g/mol. The van der Waals surface area contributed by atoms with Gasteiger partial charge in [0.05, 0.1) is 0 Å². The third kappa shape index (κ3) is 1.80. The van der Waals surface area contributed by atoms with Crippen molar-refractivity contribution in [2.24, 2.45) is 5.41 Å². The van der Waals surface area contributed by atoms with Crippen molar-refractivity contribution in [2.45, 2.75) is 27.7 Å². The predicted molar refractivity (Wildman–Crippen MR) is 55.4 cm³/mol. The summed E-state index contributed by atoms with van der Waals surface area (Å²) < 4.78 is 0. The second-order valence-electron chi connectivity index (χ2n) is 4.08. The highest BCUT2D eigenvalue weighted by Crippen LogP contribution is 2.38. The maximum atomic E-state index is 10.3. The van der Waals surface area contributed by atoms with E-state index in [4.69, 9.17) is 0 Å². The molecule has 0 aromatic rings. The minimum atomic E-state index is 0.139. The van der Waals surface area contributed by atoms with E-state index >= 15 is 0 Å². The quantitative estimate of drug-likeness (QED) is 0.443. The Balaban J connectivity index is 3.13. The van der Waals surface area contributed by atoms with Crippen LogP contribution in [0.25, 0.3) is 0 Å². The highest BCUT2D eigenvalue weighted by atomic mass is 16.1. The lowest BCUT2D eigenvalue weighted by atomic mass is 9.74. The Kier molecular flexibility index (Phi) is 2.55. The van der Waals surface area contributed by atoms with Crippen LogP contribution in [-0.4, -0.2) is 6.29 Å². The van der Waals surface area contributed by atoms with Crippen LogP contribution < -0.4 is 0 Å². The van der Waals surface area contributed by atoms with Gasteiger partial charge in [0.25, 0.3) is 0 Å². The van der Waals surface area contributed by atoms with Crippen LogP contribution in [0.1, 0.15) is 27.7 Å². The van der Waals surface area contributed by atoms with E-state index in [1.807, 2.05) is 0 Å². The zero-order valence-corrected chi connectivity index (χ0v) is 8.72. The molecule has 0 spiro atoms. The van der Waals surface area contributed by atoms with E-state index in [-0.39, 0.29) is 5.41 Å². The van der Waals surface area contributed by atoms with Crippen LogP contribution in [0.15, 0.2) is 34.9 Å². The van der Waals surface area contributed by atoms with E-state index in [1.54, 1.807) is 6.08 Å². The van der Waals surface area contributed by atoms with Crippen molar-refractivity contribution in [1.29, 1.82) is 0 Å². The molecule has 1 aliphatic rings. The van der Waals surface area contributed by atoms with Gasteiger partial charge in [0, 0.05) is 5.41 Å². The van der Waals surface area contributed by atoms with Crippen LogP contribution in [0.5, 0.6) is 0 Å². The summed E-state index contributed by atoms with van der Waals surface area (Å²) in [6.07, 6.45) is 6.58. The highest BCUT2D eigenvalue weighted by Gasteiger charge is 2.24. The third-order valence-electron chi connectivity index (χ3n) is 3.00. The van der Waals surface area contributed by atoms with Crippen molar-refractivity contribution < 1.29 is 4.79 Å². The van der Waals surface area contributed by atoms with E-state index in [0.29, 0.717) is 0 Å². The Labute approximate surface area is 79.8 Å². The summed E-state index contributed by atoms with van der Waals surface area (Å²) in [5.41, 5.74) is 3.76. The van der Waals surface area contributed by atoms with Crippen molar-refractivity contribution in [1.82, 2.24) is 0 Å². The van der Waals surface area contributed by atoms with Gasteiger partial charge in [-0.3, -0.25) is 4.79 Å². The first kappa shape index (κ1) is 9.97. The number of carbonyl (C=O) groups is 1. The second-order valence-corrected chi connectivity index (χ2v) is 4.08. The molecule has 0 saturated carbocycles. The monoisotopic (exact) mass is 176 g/mol. The van der Waals surface area contributed by atoms with Crippen LogP contribution in [0.3, 0.4) is 0 Å². The van der Waals surface area contributed by atoms with E-state index in [0.717, 1.165) is 11.9 Å². The summed E-state index contributed by atoms with van der Waals surface area (Å²) in [5.74, 6) is 0. The molecule has 1 nitrogen and oxygen atoms in total. The van der Waals surface area contributed by atoms with Gasteiger partial charge in [-0.25, -0.2) is 0 Å². The zero-order chi connectivity index (χ0) is 10.1. The minimum Gasteiger partial charge on any atom is -0.299 e. The van der Waals surface area contributed by atoms with Gasteiger partial charge in [0.15, 0.2) is 0 Å². The SMILES string of the molecule is CC1=CC(=CC=O)C=C(C)C1(C)C. The summed E-state index contributed by atoms with van der Waals surface area (Å²) in [6, 6.07) is 0. The van der Waals surface area contributed by atoms with Gasteiger partial charge in [0.2, 0.25) is 0 Å². The van der Waals surface area contributed by atoms with Crippen molar-refractivity contribution in [3.05, 3.63) is 34.9 Å². The lowest BCUT2D eigenvalue weighted by Gasteiger charge is -2.30. The molecule has 0 bridgehead atoms. The second kappa shape index (κ2) is 3.33. The minimum absolute atomic E-state index is 0.139. The maximum Gasteiger partial charge on any atom is 0.143 e. The third-order valence-corrected chi connectivity index (χ3v) is 3.00. The highest BCUT2D eigenvalue weighted by molar-refractivity contribution is 5.69. The number of aldehydes is 1. The Morgan fingerprint density at radius 1 is 1.15 bits per heavy atom. The molecular formula is C12H16O. The summed E-state index contributed by atoms with van der Waals surface area (Å²) in [5, 5.41) is 0. The molecule has 1 heteroatoms. The molecule has 13 heavy (non-hydrogen) atoms. The van der Waals surface area contributed by atoms with Crippen LogP contribution in [-0.2, 0) is 4.79 Å². The fourth-order valence-corrected chi connectivity index (χ4v) is 1.39. The van der Waals surface area contributed by atoms with E-state index in [9.17, 15) is 4.79 Å². The lowest BCUT2D eigenvalue weighted by Crippen LogP contribution is -2.17. The Bertz CT molecular complexity index is 290. The molecule has 1 rings (SSSR count). The fourth-order valence-electron chi connectivity index (χ4n) is 1.39. The lowest BCUT2D eigenvalue weighted by molar-refractivity contribution is -0.104. The van der Waals surface area contributed by atoms with Gasteiger partial charge in [-0.1, -0.05) is 37.1 Å². The molecule has 0 aromatic carbocycles. The molecule has 0 fully saturated rings. The van der Waals surface area contributed by atoms with Crippen molar-refractivity contribution in [3.63, 3.8) is 0 Å². The smallest absolute Gasteiger partial charge is 0.143 e. The molecule has 0 heterocycles. The molecule has 70 valence electrons. The van der Waals surface area contributed by atoms with E-state index in [1.165, 1.54) is 11.1 Å². The summed E-state index contributed by atoms with van der Waals surface area (Å²) >= 11 is 0. The molecule has 0 unspecified atom stereocenters. The standard InChI is InChI=1S/C12H16O/c1-9-7-11(5-6-13)8-10(2)12(9,3)4/h5-8H,1-4H3. The van der Waals surface area contributed by atoms with Gasteiger partial charge >= 0.3 is 0 Å². The molecule has 0 aromatic heterocycles. The summed E-state index contributed by atoms with van der Waals surface area (Å²) in [4.78, 5) is 10.3. The van der Waals surface area contributed by atoms with Crippen molar-refractivity contribution >= 4 is 6.29 Å². The molecule has 1 aliphatic carbocycles.